The summed E-state index contributed by atoms with van der Waals surface area (Å²) in [4.78, 5) is 25.6. The molecule has 0 bridgehead atoms. The minimum absolute atomic E-state index is 0.118. The first-order valence-electron chi connectivity index (χ1n) is 9.09. The second-order valence-electron chi connectivity index (χ2n) is 8.34. The van der Waals surface area contributed by atoms with E-state index in [1.165, 1.54) is 27.0 Å². The van der Waals surface area contributed by atoms with Gasteiger partial charge in [0.1, 0.15) is 5.56 Å². The molecule has 1 aliphatic carbocycles. The highest BCUT2D eigenvalue weighted by atomic mass is 16.2. The Balaban J connectivity index is 2.28. The zero-order valence-electron chi connectivity index (χ0n) is 17.0. The number of H-pyrrole nitrogens is 1. The smallest absolute Gasteiger partial charge is 0.277 e. The van der Waals surface area contributed by atoms with Crippen LogP contribution in [0, 0.1) is 26.2 Å². The fourth-order valence-corrected chi connectivity index (χ4v) is 4.30. The molecule has 138 valence electrons. The molecule has 2 aromatic rings. The lowest BCUT2D eigenvalue weighted by atomic mass is 9.68. The van der Waals surface area contributed by atoms with Crippen molar-refractivity contribution >= 4 is 11.4 Å². The predicted molar refractivity (Wildman–Crippen MR) is 106 cm³/mol. The second kappa shape index (κ2) is 5.83. The number of aromatic nitrogens is 2. The molecule has 4 heteroatoms. The van der Waals surface area contributed by atoms with Gasteiger partial charge < -0.3 is 0 Å². The maximum absolute atomic E-state index is 13.2. The van der Waals surface area contributed by atoms with E-state index in [-0.39, 0.29) is 22.3 Å². The summed E-state index contributed by atoms with van der Waals surface area (Å²) in [5.41, 5.74) is 8.57. The number of hydrogen-bond donors (Lipinski definition) is 1. The molecule has 1 heterocycles. The zero-order valence-corrected chi connectivity index (χ0v) is 17.0. The van der Waals surface area contributed by atoms with E-state index in [0.717, 1.165) is 17.5 Å². The molecular weight excluding hydrogens is 324 g/mol. The van der Waals surface area contributed by atoms with Gasteiger partial charge in [0.05, 0.1) is 0 Å². The number of rotatable bonds is 2. The number of carbonyl (C=O) groups excluding carboxylic acids is 1. The van der Waals surface area contributed by atoms with E-state index in [4.69, 9.17) is 0 Å². The number of nitrogens with zero attached hydrogens (tertiary/aromatic N) is 1. The van der Waals surface area contributed by atoms with Crippen molar-refractivity contribution in [1.82, 2.24) is 9.78 Å². The average Bonchev–Trinajstić information content (AvgIpc) is 2.80. The van der Waals surface area contributed by atoms with Crippen LogP contribution < -0.4 is 5.56 Å². The van der Waals surface area contributed by atoms with Gasteiger partial charge in [0.2, 0.25) is 5.78 Å². The number of hydrogen-bond acceptors (Lipinski definition) is 2. The standard InChI is InChI=1S/C22H28N2O2/c1-11-9-16(20(25)19-15(5)23-24(8)21(19)26)13(3)18-12(2)14(4)22(6,7)10-17(11)18/h9,23H,10H2,1-8H3. The van der Waals surface area contributed by atoms with Crippen molar-refractivity contribution in [3.63, 3.8) is 0 Å². The van der Waals surface area contributed by atoms with Crippen LogP contribution in [0.5, 0.6) is 0 Å². The van der Waals surface area contributed by atoms with Crippen molar-refractivity contribution in [2.24, 2.45) is 12.5 Å². The molecule has 0 unspecified atom stereocenters. The van der Waals surface area contributed by atoms with Gasteiger partial charge in [-0.1, -0.05) is 19.4 Å². The topological polar surface area (TPSA) is 54.9 Å². The molecule has 1 aromatic carbocycles. The third kappa shape index (κ3) is 2.51. The van der Waals surface area contributed by atoms with Crippen molar-refractivity contribution in [2.45, 2.75) is 54.9 Å². The third-order valence-corrected chi connectivity index (χ3v) is 6.19. The number of benzene rings is 1. The molecule has 0 saturated carbocycles. The largest absolute Gasteiger partial charge is 0.299 e. The van der Waals surface area contributed by atoms with Gasteiger partial charge in [-0.3, -0.25) is 19.4 Å². The van der Waals surface area contributed by atoms with Gasteiger partial charge in [0.25, 0.3) is 5.56 Å². The van der Waals surface area contributed by atoms with E-state index in [2.05, 4.69) is 39.7 Å². The van der Waals surface area contributed by atoms with Crippen molar-refractivity contribution < 1.29 is 4.79 Å². The highest BCUT2D eigenvalue weighted by molar-refractivity contribution is 6.11. The van der Waals surface area contributed by atoms with Gasteiger partial charge in [-0.25, -0.2) is 0 Å². The quantitative estimate of drug-likeness (QED) is 0.822. The molecular formula is C22H28N2O2. The highest BCUT2D eigenvalue weighted by Crippen LogP contribution is 2.45. The van der Waals surface area contributed by atoms with E-state index in [9.17, 15) is 9.59 Å². The SMILES string of the molecule is CC1=C(C)C(C)(C)Cc2c(C)cc(C(=O)c3c(C)[nH]n(C)c3=O)c(C)c21. The Kier molecular flexibility index (Phi) is 4.13. The summed E-state index contributed by atoms with van der Waals surface area (Å²) < 4.78 is 1.36. The molecule has 4 nitrogen and oxygen atoms in total. The summed E-state index contributed by atoms with van der Waals surface area (Å²) in [6, 6.07) is 1.96. The minimum Gasteiger partial charge on any atom is -0.299 e. The van der Waals surface area contributed by atoms with Crippen LogP contribution in [0.1, 0.15) is 71.6 Å². The van der Waals surface area contributed by atoms with E-state index in [0.29, 0.717) is 11.3 Å². The number of aromatic amines is 1. The number of ketones is 1. The van der Waals surface area contributed by atoms with Crippen molar-refractivity contribution in [2.75, 3.05) is 0 Å². The lowest BCUT2D eigenvalue weighted by molar-refractivity contribution is 0.103. The Labute approximate surface area is 154 Å². The summed E-state index contributed by atoms with van der Waals surface area (Å²) in [7, 11) is 1.63. The van der Waals surface area contributed by atoms with Crippen LogP contribution in [0.4, 0.5) is 0 Å². The summed E-state index contributed by atoms with van der Waals surface area (Å²) in [5, 5.41) is 2.92. The van der Waals surface area contributed by atoms with Gasteiger partial charge in [0.15, 0.2) is 0 Å². The molecule has 0 spiro atoms. The highest BCUT2D eigenvalue weighted by Gasteiger charge is 2.32. The number of carbonyl (C=O) groups is 1. The zero-order chi connectivity index (χ0) is 19.5. The van der Waals surface area contributed by atoms with E-state index in [1.54, 1.807) is 14.0 Å². The van der Waals surface area contributed by atoms with Crippen molar-refractivity contribution in [1.29, 1.82) is 0 Å². The number of aryl methyl sites for hydroxylation is 3. The van der Waals surface area contributed by atoms with Crippen LogP contribution in [0.15, 0.2) is 16.4 Å². The van der Waals surface area contributed by atoms with Gasteiger partial charge in [-0.15, -0.1) is 0 Å². The summed E-state index contributed by atoms with van der Waals surface area (Å²) in [6.07, 6.45) is 0.970. The monoisotopic (exact) mass is 352 g/mol. The van der Waals surface area contributed by atoms with Crippen molar-refractivity contribution in [3.8, 4) is 0 Å². The lowest BCUT2D eigenvalue weighted by Gasteiger charge is -2.36. The Hall–Kier alpha value is -2.36. The number of nitrogens with one attached hydrogen (secondary N) is 1. The van der Waals surface area contributed by atoms with E-state index >= 15 is 0 Å². The van der Waals surface area contributed by atoms with Gasteiger partial charge in [-0.2, -0.15) is 0 Å². The summed E-state index contributed by atoms with van der Waals surface area (Å²) >= 11 is 0. The maximum Gasteiger partial charge on any atom is 0.277 e. The average molecular weight is 352 g/mol. The molecule has 1 N–H and O–H groups in total. The molecule has 1 aromatic heterocycles. The molecule has 0 saturated heterocycles. The first-order chi connectivity index (χ1) is 12.0. The number of fused-ring (bicyclic) bond motifs is 1. The predicted octanol–water partition coefficient (Wildman–Crippen LogP) is 4.25. The fraction of sp³-hybridized carbons (Fsp3) is 0.455. The van der Waals surface area contributed by atoms with Gasteiger partial charge in [-0.05, 0) is 80.3 Å². The fourth-order valence-electron chi connectivity index (χ4n) is 4.30. The normalized spacial score (nSPS) is 16.0. The molecule has 0 aliphatic heterocycles. The number of allylic oxidation sites excluding steroid dienone is 2. The first kappa shape index (κ1) is 18.4. The Morgan fingerprint density at radius 3 is 2.31 bits per heavy atom. The molecule has 0 fully saturated rings. The van der Waals surface area contributed by atoms with Crippen LogP contribution in [0.2, 0.25) is 0 Å². The van der Waals surface area contributed by atoms with Crippen LogP contribution in [-0.2, 0) is 13.5 Å². The Morgan fingerprint density at radius 1 is 1.15 bits per heavy atom. The van der Waals surface area contributed by atoms with Crippen LogP contribution >= 0.6 is 0 Å². The van der Waals surface area contributed by atoms with E-state index in [1.807, 2.05) is 13.0 Å². The first-order valence-corrected chi connectivity index (χ1v) is 9.09. The van der Waals surface area contributed by atoms with Crippen LogP contribution in [0.3, 0.4) is 0 Å². The molecule has 26 heavy (non-hydrogen) atoms. The molecule has 3 rings (SSSR count). The summed E-state index contributed by atoms with van der Waals surface area (Å²) in [6.45, 7) is 14.7. The maximum atomic E-state index is 13.2. The molecule has 0 radical (unpaired) electrons. The Morgan fingerprint density at radius 2 is 1.77 bits per heavy atom. The van der Waals surface area contributed by atoms with Gasteiger partial charge in [0, 0.05) is 18.3 Å². The minimum atomic E-state index is -0.271. The van der Waals surface area contributed by atoms with Crippen LogP contribution in [-0.4, -0.2) is 15.6 Å². The third-order valence-electron chi connectivity index (χ3n) is 6.19. The molecule has 0 atom stereocenters. The summed E-state index contributed by atoms with van der Waals surface area (Å²) in [5.74, 6) is -0.192. The molecule has 1 aliphatic rings. The lowest BCUT2D eigenvalue weighted by Crippen LogP contribution is -2.25. The Bertz CT molecular complexity index is 1030. The van der Waals surface area contributed by atoms with Crippen molar-refractivity contribution in [3.05, 3.63) is 61.1 Å². The van der Waals surface area contributed by atoms with E-state index < -0.39 is 0 Å². The van der Waals surface area contributed by atoms with Crippen LogP contribution in [0.25, 0.3) is 5.57 Å². The second-order valence-corrected chi connectivity index (χ2v) is 8.34. The molecule has 0 amide bonds. The van der Waals surface area contributed by atoms with Gasteiger partial charge >= 0.3 is 0 Å².